The molecule has 2 N–H and O–H groups in total. The maximum Gasteiger partial charge on any atom is 0.303 e. The molecule has 4 rings (SSSR count). The molecule has 1 amide bonds. The zero-order valence-electron chi connectivity index (χ0n) is 17.9. The van der Waals surface area contributed by atoms with Crippen molar-refractivity contribution in [2.75, 3.05) is 17.7 Å². The van der Waals surface area contributed by atoms with Crippen LogP contribution in [0.25, 0.3) is 11.3 Å². The fraction of sp³-hybridized carbons (Fsp3) is 0.381. The average Bonchev–Trinajstić information content (AvgIpc) is 3.41. The number of anilines is 3. The quantitative estimate of drug-likeness (QED) is 0.543. The number of pyridine rings is 1. The molecule has 0 bridgehead atoms. The Hall–Kier alpha value is -3.63. The van der Waals surface area contributed by atoms with Gasteiger partial charge in [0, 0.05) is 44.3 Å². The molecule has 1 saturated carbocycles. The minimum Gasteiger partial charge on any atom is -0.493 e. The number of halogens is 2. The zero-order chi connectivity index (χ0) is 22.9. The third-order valence-corrected chi connectivity index (χ3v) is 4.84. The lowest BCUT2D eigenvalue weighted by Crippen LogP contribution is -2.14. The van der Waals surface area contributed by atoms with Crippen molar-refractivity contribution < 1.29 is 18.3 Å². The van der Waals surface area contributed by atoms with Gasteiger partial charge in [0.15, 0.2) is 5.75 Å². The van der Waals surface area contributed by atoms with Crippen molar-refractivity contribution in [1.29, 1.82) is 0 Å². The van der Waals surface area contributed by atoms with Gasteiger partial charge in [-0.05, 0) is 18.8 Å². The van der Waals surface area contributed by atoms with E-state index in [0.717, 1.165) is 13.5 Å². The Labute approximate surface area is 183 Å². The summed E-state index contributed by atoms with van der Waals surface area (Å²) in [7, 11) is 1.45. The highest BCUT2D eigenvalue weighted by molar-refractivity contribution is 5.88. The van der Waals surface area contributed by atoms with E-state index in [4.69, 9.17) is 4.74 Å². The van der Waals surface area contributed by atoms with Crippen LogP contribution in [0.15, 0.2) is 30.7 Å². The number of carbonyl (C=O) groups excluding carboxylic acids is 1. The second-order valence-corrected chi connectivity index (χ2v) is 7.82. The molecule has 0 saturated heterocycles. The summed E-state index contributed by atoms with van der Waals surface area (Å²) < 4.78 is 35.4. The smallest absolute Gasteiger partial charge is 0.303 e. The highest BCUT2D eigenvalue weighted by Gasteiger charge is 2.30. The van der Waals surface area contributed by atoms with Crippen LogP contribution in [-0.2, 0) is 17.3 Å². The lowest BCUT2D eigenvalue weighted by atomic mass is 10.2. The van der Waals surface area contributed by atoms with Gasteiger partial charge in [0.25, 0.3) is 0 Å². The van der Waals surface area contributed by atoms with Crippen LogP contribution in [0.2, 0.25) is 0 Å². The second-order valence-electron chi connectivity index (χ2n) is 7.82. The van der Waals surface area contributed by atoms with Crippen LogP contribution in [0.3, 0.4) is 0 Å². The van der Waals surface area contributed by atoms with E-state index >= 15 is 0 Å². The van der Waals surface area contributed by atoms with Crippen LogP contribution in [-0.4, -0.2) is 37.7 Å². The van der Waals surface area contributed by atoms with E-state index in [-0.39, 0.29) is 17.5 Å². The number of carbonyl (C=O) groups is 1. The molecule has 0 unspecified atom stereocenters. The van der Waals surface area contributed by atoms with Gasteiger partial charge in [-0.15, -0.1) is 0 Å². The molecule has 1 aliphatic carbocycles. The van der Waals surface area contributed by atoms with Crippen molar-refractivity contribution in [2.45, 2.75) is 39.2 Å². The van der Waals surface area contributed by atoms with E-state index in [1.165, 1.54) is 39.1 Å². The van der Waals surface area contributed by atoms with Gasteiger partial charge in [-0.25, -0.2) is 15.0 Å². The fourth-order valence-electron chi connectivity index (χ4n) is 3.11. The molecule has 3 heterocycles. The zero-order valence-corrected chi connectivity index (χ0v) is 17.9. The van der Waals surface area contributed by atoms with E-state index in [2.05, 4.69) is 30.7 Å². The summed E-state index contributed by atoms with van der Waals surface area (Å²) in [5.41, 5.74) is 1.32. The van der Waals surface area contributed by atoms with Crippen LogP contribution < -0.4 is 15.4 Å². The number of hydrogen-bond donors (Lipinski definition) is 2. The number of nitrogens with zero attached hydrogens (tertiary/aromatic N) is 5. The average molecular weight is 443 g/mol. The maximum atomic E-state index is 14.2. The topological polar surface area (TPSA) is 107 Å². The molecule has 0 aliphatic heterocycles. The molecule has 3 aromatic rings. The lowest BCUT2D eigenvalue weighted by Gasteiger charge is -2.15. The Bertz CT molecular complexity index is 1140. The van der Waals surface area contributed by atoms with Gasteiger partial charge in [0.05, 0.1) is 30.9 Å². The molecule has 0 aromatic carbocycles. The summed E-state index contributed by atoms with van der Waals surface area (Å²) in [5, 5.41) is 9.87. The summed E-state index contributed by atoms with van der Waals surface area (Å²) in [4.78, 5) is 23.5. The standard InChI is InChI=1S/C21H23F2N7O2/c1-12(31)26-18-7-16(17(32-3)9-24-18)27-19-6-15(28-20(29-19)21(2,22)23)14-8-25-30(11-14)10-13-4-5-13/h6-9,11,13H,4-5,10H2,1-3H3,(H2,24,26,27,28,29,31). The molecule has 0 atom stereocenters. The van der Waals surface area contributed by atoms with Gasteiger partial charge in [-0.1, -0.05) is 0 Å². The molecule has 1 fully saturated rings. The molecule has 9 nitrogen and oxygen atoms in total. The van der Waals surface area contributed by atoms with Gasteiger partial charge in [-0.3, -0.25) is 9.48 Å². The summed E-state index contributed by atoms with van der Waals surface area (Å²) in [6.07, 6.45) is 7.17. The first-order valence-electron chi connectivity index (χ1n) is 10.1. The first-order chi connectivity index (χ1) is 15.2. The summed E-state index contributed by atoms with van der Waals surface area (Å²) in [5.74, 6) is -2.78. The maximum absolute atomic E-state index is 14.2. The van der Waals surface area contributed by atoms with Crippen LogP contribution in [0.5, 0.6) is 5.75 Å². The highest BCUT2D eigenvalue weighted by atomic mass is 19.3. The SMILES string of the molecule is COc1cnc(NC(C)=O)cc1Nc1cc(-c2cnn(CC3CC3)c2)nc(C(C)(F)F)n1. The molecular formula is C21H23F2N7O2. The van der Waals surface area contributed by atoms with E-state index in [1.54, 1.807) is 23.1 Å². The summed E-state index contributed by atoms with van der Waals surface area (Å²) >= 11 is 0. The summed E-state index contributed by atoms with van der Waals surface area (Å²) in [6, 6.07) is 3.09. The normalized spacial score (nSPS) is 13.7. The number of rotatable bonds is 8. The second kappa shape index (κ2) is 8.48. The molecule has 32 heavy (non-hydrogen) atoms. The number of alkyl halides is 2. The van der Waals surface area contributed by atoms with Gasteiger partial charge in [0.1, 0.15) is 11.6 Å². The van der Waals surface area contributed by atoms with Gasteiger partial charge < -0.3 is 15.4 Å². The Balaban J connectivity index is 1.70. The molecule has 0 spiro atoms. The van der Waals surface area contributed by atoms with E-state index in [0.29, 0.717) is 28.6 Å². The Morgan fingerprint density at radius 1 is 1.25 bits per heavy atom. The molecule has 1 aliphatic rings. The monoisotopic (exact) mass is 443 g/mol. The predicted molar refractivity (Wildman–Crippen MR) is 114 cm³/mol. The van der Waals surface area contributed by atoms with E-state index < -0.39 is 11.7 Å². The Kier molecular flexibility index (Phi) is 5.72. The minimum absolute atomic E-state index is 0.139. The van der Waals surface area contributed by atoms with Gasteiger partial charge in [0.2, 0.25) is 11.7 Å². The van der Waals surface area contributed by atoms with Gasteiger partial charge in [-0.2, -0.15) is 13.9 Å². The van der Waals surface area contributed by atoms with Crippen LogP contribution in [0.4, 0.5) is 26.1 Å². The van der Waals surface area contributed by atoms with Crippen molar-refractivity contribution in [2.24, 2.45) is 5.92 Å². The lowest BCUT2D eigenvalue weighted by molar-refractivity contribution is -0.114. The third-order valence-electron chi connectivity index (χ3n) is 4.84. The van der Waals surface area contributed by atoms with Crippen molar-refractivity contribution in [1.82, 2.24) is 24.7 Å². The largest absolute Gasteiger partial charge is 0.493 e. The third kappa shape index (κ3) is 5.16. The molecule has 3 aromatic heterocycles. The summed E-state index contributed by atoms with van der Waals surface area (Å²) in [6.45, 7) is 2.90. The van der Waals surface area contributed by atoms with E-state index in [1.807, 2.05) is 0 Å². The Morgan fingerprint density at radius 3 is 2.69 bits per heavy atom. The number of ether oxygens (including phenoxy) is 1. The number of methoxy groups -OCH3 is 1. The number of amides is 1. The molecule has 0 radical (unpaired) electrons. The minimum atomic E-state index is -3.25. The van der Waals surface area contributed by atoms with E-state index in [9.17, 15) is 13.6 Å². The van der Waals surface area contributed by atoms with Crippen molar-refractivity contribution in [3.63, 3.8) is 0 Å². The number of hydrogen-bond acceptors (Lipinski definition) is 7. The number of aromatic nitrogens is 5. The predicted octanol–water partition coefficient (Wildman–Crippen LogP) is 3.97. The van der Waals surface area contributed by atoms with Crippen LogP contribution in [0.1, 0.15) is 32.5 Å². The van der Waals surface area contributed by atoms with Crippen molar-refractivity contribution in [3.8, 4) is 17.0 Å². The molecule has 11 heteroatoms. The first-order valence-corrected chi connectivity index (χ1v) is 10.1. The Morgan fingerprint density at radius 2 is 2.03 bits per heavy atom. The fourth-order valence-corrected chi connectivity index (χ4v) is 3.11. The molecular weight excluding hydrogens is 420 g/mol. The van der Waals surface area contributed by atoms with Crippen LogP contribution >= 0.6 is 0 Å². The van der Waals surface area contributed by atoms with Crippen molar-refractivity contribution in [3.05, 3.63) is 36.5 Å². The highest BCUT2D eigenvalue weighted by Crippen LogP contribution is 2.33. The molecule has 168 valence electrons. The van der Waals surface area contributed by atoms with Gasteiger partial charge >= 0.3 is 5.92 Å². The van der Waals surface area contributed by atoms with Crippen molar-refractivity contribution >= 4 is 23.2 Å². The number of nitrogens with one attached hydrogen (secondary N) is 2. The van der Waals surface area contributed by atoms with Crippen LogP contribution in [0, 0.1) is 5.92 Å². The first kappa shape index (κ1) is 21.6.